The van der Waals surface area contributed by atoms with Gasteiger partial charge in [0, 0.05) is 18.0 Å². The lowest BCUT2D eigenvalue weighted by atomic mass is 9.84. The molecule has 0 aliphatic carbocycles. The fourth-order valence-corrected chi connectivity index (χ4v) is 3.18. The highest BCUT2D eigenvalue weighted by molar-refractivity contribution is 7.07. The molecule has 1 atom stereocenters. The Balaban J connectivity index is 1.85. The summed E-state index contributed by atoms with van der Waals surface area (Å²) in [6, 6.07) is 8.55. The van der Waals surface area contributed by atoms with Gasteiger partial charge in [-0.3, -0.25) is 0 Å². The summed E-state index contributed by atoms with van der Waals surface area (Å²) in [4.78, 5) is 12.0. The van der Waals surface area contributed by atoms with Gasteiger partial charge in [-0.1, -0.05) is 32.0 Å². The third-order valence-electron chi connectivity index (χ3n) is 3.79. The maximum Gasteiger partial charge on any atom is 0.315 e. The van der Waals surface area contributed by atoms with E-state index in [0.29, 0.717) is 12.1 Å². The fraction of sp³-hybridized carbons (Fsp3) is 0.389. The lowest BCUT2D eigenvalue weighted by Crippen LogP contribution is -2.46. The predicted octanol–water partition coefficient (Wildman–Crippen LogP) is 4.10. The molecule has 0 saturated heterocycles. The molecular weight excluding hydrogens is 311 g/mol. The number of hydrogen-bond donors (Lipinski definition) is 2. The number of urea groups is 1. The van der Waals surface area contributed by atoms with Gasteiger partial charge in [-0.15, -0.1) is 0 Å². The van der Waals surface area contributed by atoms with Crippen molar-refractivity contribution in [3.63, 3.8) is 0 Å². The Morgan fingerprint density at radius 2 is 2.04 bits per heavy atom. The number of carbonyl (C=O) groups is 1. The summed E-state index contributed by atoms with van der Waals surface area (Å²) in [6.07, 6.45) is 0.799. The van der Waals surface area contributed by atoms with Crippen LogP contribution in [0.1, 0.15) is 31.9 Å². The monoisotopic (exact) mass is 334 g/mol. The zero-order valence-corrected chi connectivity index (χ0v) is 14.5. The van der Waals surface area contributed by atoms with Crippen LogP contribution in [0.15, 0.2) is 41.1 Å². The molecule has 0 saturated carbocycles. The van der Waals surface area contributed by atoms with Crippen LogP contribution in [0.4, 0.5) is 9.18 Å². The van der Waals surface area contributed by atoms with Crippen LogP contribution in [0.3, 0.4) is 0 Å². The van der Waals surface area contributed by atoms with E-state index in [-0.39, 0.29) is 17.9 Å². The van der Waals surface area contributed by atoms with Gasteiger partial charge in [0.25, 0.3) is 0 Å². The molecule has 0 spiro atoms. The molecule has 23 heavy (non-hydrogen) atoms. The van der Waals surface area contributed by atoms with Crippen molar-refractivity contribution in [3.05, 3.63) is 58.0 Å². The average Bonchev–Trinajstić information content (AvgIpc) is 2.98. The van der Waals surface area contributed by atoms with Crippen molar-refractivity contribution < 1.29 is 9.18 Å². The molecule has 0 aliphatic rings. The molecule has 2 amide bonds. The van der Waals surface area contributed by atoms with E-state index in [0.717, 1.165) is 6.42 Å². The minimum Gasteiger partial charge on any atom is -0.337 e. The van der Waals surface area contributed by atoms with Crippen LogP contribution < -0.4 is 10.6 Å². The third-order valence-corrected chi connectivity index (χ3v) is 4.53. The number of thiophene rings is 1. The summed E-state index contributed by atoms with van der Waals surface area (Å²) in [5, 5.41) is 9.87. The topological polar surface area (TPSA) is 41.1 Å². The Bertz CT molecular complexity index is 640. The van der Waals surface area contributed by atoms with E-state index in [9.17, 15) is 9.18 Å². The van der Waals surface area contributed by atoms with Crippen LogP contribution in [0.5, 0.6) is 0 Å². The molecule has 2 N–H and O–H groups in total. The van der Waals surface area contributed by atoms with E-state index in [1.165, 1.54) is 11.6 Å². The van der Waals surface area contributed by atoms with Crippen molar-refractivity contribution in [2.24, 2.45) is 0 Å². The zero-order chi connectivity index (χ0) is 16.9. The molecule has 0 aliphatic heterocycles. The molecule has 0 fully saturated rings. The first-order valence-corrected chi connectivity index (χ1v) is 8.63. The second-order valence-corrected chi connectivity index (χ2v) is 7.21. The van der Waals surface area contributed by atoms with Gasteiger partial charge in [-0.2, -0.15) is 11.3 Å². The number of amides is 2. The van der Waals surface area contributed by atoms with E-state index in [4.69, 9.17) is 0 Å². The summed E-state index contributed by atoms with van der Waals surface area (Å²) in [5.41, 5.74) is 1.35. The van der Waals surface area contributed by atoms with E-state index in [1.54, 1.807) is 23.5 Å². The van der Waals surface area contributed by atoms with E-state index >= 15 is 0 Å². The van der Waals surface area contributed by atoms with E-state index < -0.39 is 5.41 Å². The van der Waals surface area contributed by atoms with Gasteiger partial charge in [0.1, 0.15) is 5.82 Å². The molecule has 5 heteroatoms. The number of rotatable bonds is 6. The van der Waals surface area contributed by atoms with Crippen LogP contribution in [-0.2, 0) is 11.8 Å². The van der Waals surface area contributed by atoms with Gasteiger partial charge in [-0.25, -0.2) is 9.18 Å². The summed E-state index contributed by atoms with van der Waals surface area (Å²) < 4.78 is 13.9. The molecular formula is C18H23FN2OS. The van der Waals surface area contributed by atoms with E-state index in [2.05, 4.69) is 22.1 Å². The summed E-state index contributed by atoms with van der Waals surface area (Å²) >= 11 is 1.65. The third kappa shape index (κ3) is 5.06. The van der Waals surface area contributed by atoms with Gasteiger partial charge in [0.2, 0.25) is 0 Å². The first kappa shape index (κ1) is 17.5. The normalized spacial score (nSPS) is 12.7. The number of hydrogen-bond acceptors (Lipinski definition) is 2. The quantitative estimate of drug-likeness (QED) is 0.820. The maximum absolute atomic E-state index is 13.9. The molecule has 3 nitrogen and oxygen atoms in total. The highest BCUT2D eigenvalue weighted by atomic mass is 32.1. The van der Waals surface area contributed by atoms with Crippen LogP contribution in [0, 0.1) is 5.82 Å². The Kier molecular flexibility index (Phi) is 5.77. The largest absolute Gasteiger partial charge is 0.337 e. The van der Waals surface area contributed by atoms with Gasteiger partial charge in [-0.05, 0) is 47.4 Å². The van der Waals surface area contributed by atoms with Crippen molar-refractivity contribution in [2.75, 3.05) is 6.54 Å². The number of halogens is 1. The predicted molar refractivity (Wildman–Crippen MR) is 93.4 cm³/mol. The molecule has 1 heterocycles. The van der Waals surface area contributed by atoms with Crippen molar-refractivity contribution in [1.82, 2.24) is 10.6 Å². The lowest BCUT2D eigenvalue weighted by molar-refractivity contribution is 0.235. The molecule has 1 aromatic carbocycles. The van der Waals surface area contributed by atoms with Gasteiger partial charge in [0.15, 0.2) is 0 Å². The Morgan fingerprint density at radius 1 is 1.30 bits per heavy atom. The van der Waals surface area contributed by atoms with Crippen molar-refractivity contribution >= 4 is 17.4 Å². The van der Waals surface area contributed by atoms with E-state index in [1.807, 2.05) is 32.2 Å². The molecule has 2 rings (SSSR count). The SMILES string of the molecule is CC(Cc1ccsc1)NC(=O)NCC(C)(C)c1ccccc1F. The second kappa shape index (κ2) is 7.59. The number of nitrogens with one attached hydrogen (secondary N) is 2. The fourth-order valence-electron chi connectivity index (χ4n) is 2.49. The molecule has 124 valence electrons. The van der Waals surface area contributed by atoms with Crippen LogP contribution >= 0.6 is 11.3 Å². The molecule has 0 bridgehead atoms. The number of benzene rings is 1. The minimum atomic E-state index is -0.473. The second-order valence-electron chi connectivity index (χ2n) is 6.43. The Morgan fingerprint density at radius 3 is 2.70 bits per heavy atom. The van der Waals surface area contributed by atoms with Gasteiger partial charge < -0.3 is 10.6 Å². The van der Waals surface area contributed by atoms with Crippen molar-refractivity contribution in [2.45, 2.75) is 38.6 Å². The highest BCUT2D eigenvalue weighted by Crippen LogP contribution is 2.24. The Labute approximate surface area is 140 Å². The molecule has 1 unspecified atom stereocenters. The maximum atomic E-state index is 13.9. The van der Waals surface area contributed by atoms with Crippen molar-refractivity contribution in [3.8, 4) is 0 Å². The van der Waals surface area contributed by atoms with Crippen LogP contribution in [0.25, 0.3) is 0 Å². The summed E-state index contributed by atoms with van der Waals surface area (Å²) in [7, 11) is 0. The first-order chi connectivity index (χ1) is 10.9. The summed E-state index contributed by atoms with van der Waals surface area (Å²) in [6.45, 7) is 6.17. The molecule has 0 radical (unpaired) electrons. The highest BCUT2D eigenvalue weighted by Gasteiger charge is 2.24. The summed E-state index contributed by atoms with van der Waals surface area (Å²) in [5.74, 6) is -0.245. The van der Waals surface area contributed by atoms with Gasteiger partial charge >= 0.3 is 6.03 Å². The number of carbonyl (C=O) groups excluding carboxylic acids is 1. The average molecular weight is 334 g/mol. The van der Waals surface area contributed by atoms with Crippen LogP contribution in [-0.4, -0.2) is 18.6 Å². The lowest BCUT2D eigenvalue weighted by Gasteiger charge is -2.26. The zero-order valence-electron chi connectivity index (χ0n) is 13.7. The van der Waals surface area contributed by atoms with Gasteiger partial charge in [0.05, 0.1) is 0 Å². The first-order valence-electron chi connectivity index (χ1n) is 7.69. The van der Waals surface area contributed by atoms with Crippen molar-refractivity contribution in [1.29, 1.82) is 0 Å². The molecule has 1 aromatic heterocycles. The Hall–Kier alpha value is -1.88. The smallest absolute Gasteiger partial charge is 0.315 e. The molecule has 2 aromatic rings. The standard InChI is InChI=1S/C18H23FN2OS/c1-13(10-14-8-9-23-11-14)21-17(22)20-12-18(2,3)15-6-4-5-7-16(15)19/h4-9,11,13H,10,12H2,1-3H3,(H2,20,21,22). The van der Waals surface area contributed by atoms with Crippen LogP contribution in [0.2, 0.25) is 0 Å². The minimum absolute atomic E-state index is 0.0428.